The topological polar surface area (TPSA) is 141 Å². The van der Waals surface area contributed by atoms with E-state index in [1.54, 1.807) is 20.8 Å². The molecule has 112 valence electrons. The highest BCUT2D eigenvalue weighted by Gasteiger charge is 2.25. The monoisotopic (exact) mass is 304 g/mol. The Bertz CT molecular complexity index is 614. The van der Waals surface area contributed by atoms with Crippen LogP contribution in [0.1, 0.15) is 31.1 Å². The Balaban J connectivity index is 2.79. The highest BCUT2D eigenvalue weighted by Crippen LogP contribution is 2.11. The number of nitrogens with zero attached hydrogens (tertiary/aromatic N) is 1. The van der Waals surface area contributed by atoms with Crippen molar-refractivity contribution in [3.63, 3.8) is 0 Å². The summed E-state index contributed by atoms with van der Waals surface area (Å²) < 4.78 is 25.7. The van der Waals surface area contributed by atoms with E-state index in [-0.39, 0.29) is 0 Å². The first-order valence-electron chi connectivity index (χ1n) is 5.60. The summed E-state index contributed by atoms with van der Waals surface area (Å²) in [6.45, 7) is 4.74. The second-order valence-corrected chi connectivity index (χ2v) is 6.74. The van der Waals surface area contributed by atoms with Crippen molar-refractivity contribution in [2.75, 3.05) is 6.54 Å². The summed E-state index contributed by atoms with van der Waals surface area (Å²) in [5, 5.41) is 16.3. The molecule has 0 fully saturated rings. The van der Waals surface area contributed by atoms with E-state index < -0.39 is 44.6 Å². The molecule has 9 nitrogen and oxygen atoms in total. The Labute approximate surface area is 115 Å². The number of H-pyrrole nitrogens is 1. The Morgan fingerprint density at radius 1 is 1.40 bits per heavy atom. The molecule has 0 bridgehead atoms. The van der Waals surface area contributed by atoms with Gasteiger partial charge in [0.2, 0.25) is 5.91 Å². The minimum Gasteiger partial charge on any atom is -0.478 e. The average Bonchev–Trinajstić information content (AvgIpc) is 2.73. The molecule has 0 aliphatic carbocycles. The lowest BCUT2D eigenvalue weighted by Gasteiger charge is -2.20. The molecule has 0 aliphatic rings. The molecule has 0 saturated heterocycles. The van der Waals surface area contributed by atoms with Gasteiger partial charge in [-0.1, -0.05) is 0 Å². The van der Waals surface area contributed by atoms with Gasteiger partial charge in [-0.25, -0.2) is 17.9 Å². The molecule has 0 aliphatic heterocycles. The van der Waals surface area contributed by atoms with Crippen LogP contribution in [-0.4, -0.2) is 47.7 Å². The van der Waals surface area contributed by atoms with Crippen LogP contribution < -0.4 is 10.0 Å². The molecule has 1 heterocycles. The van der Waals surface area contributed by atoms with Gasteiger partial charge in [0, 0.05) is 5.54 Å². The number of nitrogens with one attached hydrogen (secondary N) is 3. The van der Waals surface area contributed by atoms with Gasteiger partial charge in [0.1, 0.15) is 5.56 Å². The van der Waals surface area contributed by atoms with Crippen molar-refractivity contribution in [1.82, 2.24) is 20.2 Å². The van der Waals surface area contributed by atoms with Crippen LogP contribution in [0.4, 0.5) is 0 Å². The lowest BCUT2D eigenvalue weighted by Crippen LogP contribution is -2.45. The van der Waals surface area contributed by atoms with E-state index in [4.69, 9.17) is 5.11 Å². The predicted molar refractivity (Wildman–Crippen MR) is 68.6 cm³/mol. The van der Waals surface area contributed by atoms with Gasteiger partial charge in [0.05, 0.1) is 12.7 Å². The Morgan fingerprint density at radius 3 is 2.50 bits per heavy atom. The molecule has 0 aromatic carbocycles. The van der Waals surface area contributed by atoms with Crippen LogP contribution in [0.2, 0.25) is 0 Å². The summed E-state index contributed by atoms with van der Waals surface area (Å²) in [6.07, 6.45) is 0.881. The minimum atomic E-state index is -4.15. The maximum Gasteiger partial charge on any atom is 0.340 e. The molecule has 20 heavy (non-hydrogen) atoms. The lowest BCUT2D eigenvalue weighted by atomic mass is 10.1. The zero-order valence-corrected chi connectivity index (χ0v) is 12.0. The number of hydrogen-bond acceptors (Lipinski definition) is 5. The lowest BCUT2D eigenvalue weighted by molar-refractivity contribution is -0.121. The summed E-state index contributed by atoms with van der Waals surface area (Å²) in [6, 6.07) is 0. The van der Waals surface area contributed by atoms with Gasteiger partial charge in [0.15, 0.2) is 5.03 Å². The number of carbonyl (C=O) groups is 2. The molecule has 0 radical (unpaired) electrons. The fourth-order valence-electron chi connectivity index (χ4n) is 1.33. The van der Waals surface area contributed by atoms with E-state index in [1.807, 2.05) is 4.72 Å². The third-order valence-electron chi connectivity index (χ3n) is 2.04. The number of carboxylic acids is 1. The van der Waals surface area contributed by atoms with E-state index in [0.29, 0.717) is 0 Å². The van der Waals surface area contributed by atoms with E-state index >= 15 is 0 Å². The van der Waals surface area contributed by atoms with Crippen molar-refractivity contribution < 1.29 is 23.1 Å². The first kappa shape index (κ1) is 16.1. The normalized spacial score (nSPS) is 12.2. The van der Waals surface area contributed by atoms with Crippen molar-refractivity contribution in [2.45, 2.75) is 31.3 Å². The van der Waals surface area contributed by atoms with Crippen molar-refractivity contribution in [3.8, 4) is 0 Å². The van der Waals surface area contributed by atoms with Gasteiger partial charge in [0.25, 0.3) is 10.0 Å². The zero-order valence-electron chi connectivity index (χ0n) is 11.2. The molecule has 0 atom stereocenters. The third kappa shape index (κ3) is 4.31. The largest absolute Gasteiger partial charge is 0.478 e. The van der Waals surface area contributed by atoms with E-state index in [0.717, 1.165) is 6.20 Å². The smallest absolute Gasteiger partial charge is 0.340 e. The molecule has 4 N–H and O–H groups in total. The Morgan fingerprint density at radius 2 is 2.00 bits per heavy atom. The Hall–Kier alpha value is -1.94. The van der Waals surface area contributed by atoms with Crippen LogP contribution in [-0.2, 0) is 14.8 Å². The van der Waals surface area contributed by atoms with Gasteiger partial charge in [-0.2, -0.15) is 5.10 Å². The summed E-state index contributed by atoms with van der Waals surface area (Å²) in [4.78, 5) is 22.3. The molecule has 0 unspecified atom stereocenters. The molecular weight excluding hydrogens is 288 g/mol. The number of sulfonamides is 1. The van der Waals surface area contributed by atoms with Gasteiger partial charge >= 0.3 is 5.97 Å². The Kier molecular flexibility index (Phi) is 4.50. The van der Waals surface area contributed by atoms with Crippen LogP contribution in [0.25, 0.3) is 0 Å². The molecule has 0 spiro atoms. The van der Waals surface area contributed by atoms with Crippen molar-refractivity contribution >= 4 is 21.9 Å². The standard InChI is InChI=1S/C10H16N4O5S/c1-10(2,3)13-7(15)5-12-20(18,19)8-6(9(16)17)4-11-14-8/h4,12H,5H2,1-3H3,(H,11,14)(H,13,15)(H,16,17). The van der Waals surface area contributed by atoms with E-state index in [9.17, 15) is 18.0 Å². The summed E-state index contributed by atoms with van der Waals surface area (Å²) in [5.74, 6) is -1.96. The maximum atomic E-state index is 11.9. The fourth-order valence-corrected chi connectivity index (χ4v) is 2.39. The summed E-state index contributed by atoms with van der Waals surface area (Å²) in [7, 11) is -4.15. The number of aromatic carboxylic acids is 1. The number of carboxylic acid groups (broad SMARTS) is 1. The number of aromatic amines is 1. The van der Waals surface area contributed by atoms with Crippen molar-refractivity contribution in [1.29, 1.82) is 0 Å². The zero-order chi connectivity index (χ0) is 15.6. The van der Waals surface area contributed by atoms with Crippen molar-refractivity contribution in [3.05, 3.63) is 11.8 Å². The molecule has 1 amide bonds. The minimum absolute atomic E-state index is 0.492. The first-order chi connectivity index (χ1) is 9.03. The quantitative estimate of drug-likeness (QED) is 0.567. The van der Waals surface area contributed by atoms with Crippen LogP contribution >= 0.6 is 0 Å². The number of carbonyl (C=O) groups excluding carboxylic acids is 1. The fraction of sp³-hybridized carbons (Fsp3) is 0.500. The number of amides is 1. The molecule has 1 aromatic rings. The molecule has 0 saturated carbocycles. The predicted octanol–water partition coefficient (Wildman–Crippen LogP) is -0.699. The van der Waals surface area contributed by atoms with Gasteiger partial charge < -0.3 is 10.4 Å². The second-order valence-electron chi connectivity index (χ2n) is 5.04. The summed E-state index contributed by atoms with van der Waals surface area (Å²) in [5.41, 5.74) is -0.989. The second kappa shape index (κ2) is 5.59. The number of aromatic nitrogens is 2. The molecular formula is C10H16N4O5S. The van der Waals surface area contributed by atoms with Crippen LogP contribution in [0.5, 0.6) is 0 Å². The van der Waals surface area contributed by atoms with E-state index in [1.165, 1.54) is 0 Å². The van der Waals surface area contributed by atoms with Crippen molar-refractivity contribution in [2.24, 2.45) is 0 Å². The van der Waals surface area contributed by atoms with Gasteiger partial charge in [-0.15, -0.1) is 0 Å². The SMILES string of the molecule is CC(C)(C)NC(=O)CNS(=O)(=O)c1[nH]ncc1C(=O)O. The van der Waals surface area contributed by atoms with E-state index in [2.05, 4.69) is 15.5 Å². The molecule has 1 aromatic heterocycles. The van der Waals surface area contributed by atoms with Gasteiger partial charge in [-0.05, 0) is 20.8 Å². The van der Waals surface area contributed by atoms with Gasteiger partial charge in [-0.3, -0.25) is 9.89 Å². The van der Waals surface area contributed by atoms with Crippen LogP contribution in [0, 0.1) is 0 Å². The third-order valence-corrected chi connectivity index (χ3v) is 3.41. The first-order valence-corrected chi connectivity index (χ1v) is 7.08. The maximum absolute atomic E-state index is 11.9. The number of rotatable bonds is 5. The molecule has 1 rings (SSSR count). The molecule has 10 heteroatoms. The average molecular weight is 304 g/mol. The number of hydrogen-bond donors (Lipinski definition) is 4. The highest BCUT2D eigenvalue weighted by atomic mass is 32.2. The summed E-state index contributed by atoms with van der Waals surface area (Å²) >= 11 is 0. The van der Waals surface area contributed by atoms with Crippen LogP contribution in [0.3, 0.4) is 0 Å². The van der Waals surface area contributed by atoms with Crippen LogP contribution in [0.15, 0.2) is 11.2 Å². The highest BCUT2D eigenvalue weighted by molar-refractivity contribution is 7.89.